The number of carbonyl (C=O) groups is 2. The molecule has 1 rings (SSSR count). The van der Waals surface area contributed by atoms with Crippen LogP contribution in [0.15, 0.2) is 48.6 Å². The largest absolute Gasteiger partial charge is 0.462 e. The average molecular weight is 899 g/mol. The first-order chi connectivity index (χ1) is 30.0. The number of allylic oxidation sites excluding steroid dienone is 8. The van der Waals surface area contributed by atoms with Gasteiger partial charge in [0.1, 0.15) is 36.8 Å². The highest BCUT2D eigenvalue weighted by molar-refractivity contribution is 7.85. The SMILES string of the molecule is CC/C=C/C/C=C/C/C=C/C/C=C/CCCCC(=O)O[C@H](COC(=O)CCCCCCCCCCCCCCCCCCCCC)CO[C@H]1O[C@H](CS(=O)(=O)O)[C@@H](O)C(O)C1O. The van der Waals surface area contributed by atoms with Crippen LogP contribution in [0.3, 0.4) is 0 Å². The zero-order chi connectivity index (χ0) is 45.5. The molecule has 0 amide bonds. The van der Waals surface area contributed by atoms with E-state index in [0.29, 0.717) is 12.8 Å². The maximum atomic E-state index is 12.8. The predicted molar refractivity (Wildman–Crippen MR) is 247 cm³/mol. The van der Waals surface area contributed by atoms with E-state index in [1.165, 1.54) is 96.3 Å². The highest BCUT2D eigenvalue weighted by Crippen LogP contribution is 2.24. The molecule has 0 radical (unpaired) electrons. The molecule has 0 saturated carbocycles. The van der Waals surface area contributed by atoms with Crippen molar-refractivity contribution in [2.24, 2.45) is 0 Å². The summed E-state index contributed by atoms with van der Waals surface area (Å²) in [6, 6.07) is 0. The third kappa shape index (κ3) is 33.2. The van der Waals surface area contributed by atoms with E-state index in [9.17, 15) is 37.9 Å². The Morgan fingerprint density at radius 2 is 1.02 bits per heavy atom. The third-order valence-electron chi connectivity index (χ3n) is 10.9. The van der Waals surface area contributed by atoms with Crippen molar-refractivity contribution in [2.45, 2.75) is 230 Å². The molecule has 2 unspecified atom stereocenters. The highest BCUT2D eigenvalue weighted by atomic mass is 32.2. The minimum absolute atomic E-state index is 0.112. The van der Waals surface area contributed by atoms with E-state index in [1.54, 1.807) is 0 Å². The van der Waals surface area contributed by atoms with E-state index in [2.05, 4.69) is 62.5 Å². The lowest BCUT2D eigenvalue weighted by atomic mass is 10.00. The molecular weight excluding hydrogens is 813 g/mol. The lowest BCUT2D eigenvalue weighted by Gasteiger charge is -2.40. The monoisotopic (exact) mass is 899 g/mol. The maximum absolute atomic E-state index is 12.8. The van der Waals surface area contributed by atoms with Crippen LogP contribution in [-0.2, 0) is 38.7 Å². The Bertz CT molecular complexity index is 1330. The Hall–Kier alpha value is -2.39. The summed E-state index contributed by atoms with van der Waals surface area (Å²) in [4.78, 5) is 25.4. The summed E-state index contributed by atoms with van der Waals surface area (Å²) in [5, 5.41) is 30.9. The molecule has 6 atom stereocenters. The molecule has 0 aromatic heterocycles. The number of hydrogen-bond acceptors (Lipinski definition) is 11. The second kappa shape index (κ2) is 39.0. The maximum Gasteiger partial charge on any atom is 0.306 e. The van der Waals surface area contributed by atoms with E-state index in [-0.39, 0.29) is 19.4 Å². The van der Waals surface area contributed by atoms with Gasteiger partial charge in [-0.15, -0.1) is 0 Å². The summed E-state index contributed by atoms with van der Waals surface area (Å²) in [5.41, 5.74) is 0. The number of hydrogen-bond donors (Lipinski definition) is 4. The number of esters is 2. The summed E-state index contributed by atoms with van der Waals surface area (Å²) >= 11 is 0. The van der Waals surface area contributed by atoms with Gasteiger partial charge in [0.15, 0.2) is 12.4 Å². The molecule has 1 aliphatic heterocycles. The van der Waals surface area contributed by atoms with Gasteiger partial charge in [-0.05, 0) is 51.4 Å². The van der Waals surface area contributed by atoms with Crippen molar-refractivity contribution in [3.63, 3.8) is 0 Å². The second-order valence-corrected chi connectivity index (χ2v) is 18.2. The zero-order valence-electron chi connectivity index (χ0n) is 38.5. The quantitative estimate of drug-likeness (QED) is 0.0198. The lowest BCUT2D eigenvalue weighted by molar-refractivity contribution is -0.297. The van der Waals surface area contributed by atoms with Gasteiger partial charge in [-0.1, -0.05) is 178 Å². The molecule has 0 bridgehead atoms. The van der Waals surface area contributed by atoms with E-state index in [4.69, 9.17) is 18.9 Å². The van der Waals surface area contributed by atoms with Gasteiger partial charge in [0.05, 0.1) is 6.61 Å². The van der Waals surface area contributed by atoms with Gasteiger partial charge in [-0.3, -0.25) is 14.1 Å². The summed E-state index contributed by atoms with van der Waals surface area (Å²) in [5.74, 6) is -2.03. The third-order valence-corrected chi connectivity index (χ3v) is 11.7. The van der Waals surface area contributed by atoms with Gasteiger partial charge in [-0.2, -0.15) is 8.42 Å². The van der Waals surface area contributed by atoms with Crippen LogP contribution in [-0.4, -0.2) is 96.0 Å². The fourth-order valence-electron chi connectivity index (χ4n) is 7.20. The number of unbranched alkanes of at least 4 members (excludes halogenated alkanes) is 20. The summed E-state index contributed by atoms with van der Waals surface area (Å²) in [6.45, 7) is 3.63. The van der Waals surface area contributed by atoms with Crippen molar-refractivity contribution >= 4 is 22.1 Å². The first-order valence-electron chi connectivity index (χ1n) is 24.2. The normalized spacial score (nSPS) is 20.3. The molecule has 1 heterocycles. The molecule has 1 saturated heterocycles. The Balaban J connectivity index is 2.41. The van der Waals surface area contributed by atoms with Crippen molar-refractivity contribution < 1.29 is 56.8 Å². The lowest BCUT2D eigenvalue weighted by Crippen LogP contribution is -2.60. The zero-order valence-corrected chi connectivity index (χ0v) is 39.3. The molecule has 0 aromatic rings. The van der Waals surface area contributed by atoms with E-state index >= 15 is 0 Å². The Morgan fingerprint density at radius 3 is 1.52 bits per heavy atom. The molecule has 13 heteroatoms. The molecular formula is C49H86O12S. The fourth-order valence-corrected chi connectivity index (χ4v) is 7.89. The van der Waals surface area contributed by atoms with Crippen molar-refractivity contribution in [2.75, 3.05) is 19.0 Å². The van der Waals surface area contributed by atoms with Crippen LogP contribution in [0.1, 0.15) is 194 Å². The van der Waals surface area contributed by atoms with Crippen LogP contribution in [0.25, 0.3) is 0 Å². The summed E-state index contributed by atoms with van der Waals surface area (Å²) in [6.07, 6.45) is 37.3. The number of carbonyl (C=O) groups excluding carboxylic acids is 2. The molecule has 1 aliphatic rings. The van der Waals surface area contributed by atoms with Gasteiger partial charge in [0.2, 0.25) is 0 Å². The molecule has 360 valence electrons. The molecule has 1 fully saturated rings. The molecule has 12 nitrogen and oxygen atoms in total. The highest BCUT2D eigenvalue weighted by Gasteiger charge is 2.46. The average Bonchev–Trinajstić information content (AvgIpc) is 3.24. The number of rotatable bonds is 40. The molecule has 0 aromatic carbocycles. The summed E-state index contributed by atoms with van der Waals surface area (Å²) in [7, 11) is -4.61. The van der Waals surface area contributed by atoms with Crippen LogP contribution in [0, 0.1) is 0 Å². The van der Waals surface area contributed by atoms with Crippen LogP contribution in [0.2, 0.25) is 0 Å². The van der Waals surface area contributed by atoms with Gasteiger partial charge < -0.3 is 34.3 Å². The Kier molecular flexibility index (Phi) is 36.3. The van der Waals surface area contributed by atoms with Gasteiger partial charge in [0.25, 0.3) is 10.1 Å². The summed E-state index contributed by atoms with van der Waals surface area (Å²) < 4.78 is 54.1. The Morgan fingerprint density at radius 1 is 0.565 bits per heavy atom. The standard InChI is InChI=1S/C49H86O12S/c1-3-5-7-9-11-13-15-17-19-20-21-22-24-25-27-29-31-33-35-37-44(50)58-39-42(40-59-49-48(54)47(53)46(52)43(61-49)41-62(55,56)57)60-45(51)38-36-34-32-30-28-26-23-18-16-14-12-10-8-6-4-2/h6,8,12,14,18,23,28,30,42-43,46-49,52-54H,3-5,7,9-11,13,15-17,19-22,24-27,29,31-41H2,1-2H3,(H,55,56,57)/b8-6+,14-12+,23-18+,30-28+/t42-,43-,46-,47?,48?,49+/m1/s1. The van der Waals surface area contributed by atoms with Gasteiger partial charge in [-0.25, -0.2) is 0 Å². The van der Waals surface area contributed by atoms with E-state index in [0.717, 1.165) is 57.8 Å². The minimum atomic E-state index is -4.61. The molecule has 4 N–H and O–H groups in total. The second-order valence-electron chi connectivity index (χ2n) is 16.8. The van der Waals surface area contributed by atoms with Crippen molar-refractivity contribution in [1.29, 1.82) is 0 Å². The first-order valence-corrected chi connectivity index (χ1v) is 25.8. The minimum Gasteiger partial charge on any atom is -0.462 e. The van der Waals surface area contributed by atoms with Crippen LogP contribution in [0.4, 0.5) is 0 Å². The molecule has 0 aliphatic carbocycles. The smallest absolute Gasteiger partial charge is 0.306 e. The van der Waals surface area contributed by atoms with Crippen molar-refractivity contribution in [1.82, 2.24) is 0 Å². The van der Waals surface area contributed by atoms with Crippen molar-refractivity contribution in [3.8, 4) is 0 Å². The number of aliphatic hydroxyl groups excluding tert-OH is 3. The Labute approximate surface area is 375 Å². The van der Waals surface area contributed by atoms with Crippen LogP contribution >= 0.6 is 0 Å². The van der Waals surface area contributed by atoms with Crippen molar-refractivity contribution in [3.05, 3.63) is 48.6 Å². The van der Waals surface area contributed by atoms with Crippen LogP contribution in [0.5, 0.6) is 0 Å². The molecule has 62 heavy (non-hydrogen) atoms. The molecule has 0 spiro atoms. The predicted octanol–water partition coefficient (Wildman–Crippen LogP) is 10.3. The van der Waals surface area contributed by atoms with Gasteiger partial charge in [0, 0.05) is 12.8 Å². The first kappa shape index (κ1) is 57.6. The van der Waals surface area contributed by atoms with Gasteiger partial charge >= 0.3 is 11.9 Å². The topological polar surface area (TPSA) is 186 Å². The van der Waals surface area contributed by atoms with Crippen LogP contribution < -0.4 is 0 Å². The fraction of sp³-hybridized carbons (Fsp3) is 0.796. The number of aliphatic hydroxyl groups is 3. The van der Waals surface area contributed by atoms with E-state index < -0.39 is 71.2 Å². The van der Waals surface area contributed by atoms with E-state index in [1.807, 2.05) is 0 Å². The number of ether oxygens (including phenoxy) is 4.